The van der Waals surface area contributed by atoms with Crippen LogP contribution >= 0.6 is 0 Å². The highest BCUT2D eigenvalue weighted by Crippen LogP contribution is 2.41. The van der Waals surface area contributed by atoms with Crippen molar-refractivity contribution < 1.29 is 23.5 Å². The number of benzene rings is 1. The largest absolute Gasteiger partial charge is 0.481 e. The van der Waals surface area contributed by atoms with Crippen LogP contribution in [0.2, 0.25) is 0 Å². The van der Waals surface area contributed by atoms with Crippen molar-refractivity contribution >= 4 is 11.9 Å². The van der Waals surface area contributed by atoms with Gasteiger partial charge in [0.15, 0.2) is 11.6 Å². The van der Waals surface area contributed by atoms with Gasteiger partial charge in [0, 0.05) is 13.0 Å². The highest BCUT2D eigenvalue weighted by molar-refractivity contribution is 5.85. The molecule has 0 aliphatic heterocycles. The van der Waals surface area contributed by atoms with Gasteiger partial charge in [0.05, 0.1) is 5.41 Å². The number of carbonyl (C=O) groups is 2. The maximum absolute atomic E-state index is 13.0. The van der Waals surface area contributed by atoms with Crippen LogP contribution in [0.3, 0.4) is 0 Å². The van der Waals surface area contributed by atoms with Crippen LogP contribution in [-0.4, -0.2) is 17.0 Å². The molecule has 1 aliphatic rings. The van der Waals surface area contributed by atoms with Crippen molar-refractivity contribution in [3.63, 3.8) is 0 Å². The van der Waals surface area contributed by atoms with Crippen LogP contribution in [0, 0.1) is 17.0 Å². The number of amides is 1. The van der Waals surface area contributed by atoms with Crippen LogP contribution in [0.25, 0.3) is 0 Å². The summed E-state index contributed by atoms with van der Waals surface area (Å²) >= 11 is 0. The van der Waals surface area contributed by atoms with Gasteiger partial charge in [-0.3, -0.25) is 9.59 Å². The minimum Gasteiger partial charge on any atom is -0.481 e. The van der Waals surface area contributed by atoms with E-state index >= 15 is 0 Å². The van der Waals surface area contributed by atoms with Crippen molar-refractivity contribution in [3.8, 4) is 0 Å². The zero-order valence-corrected chi connectivity index (χ0v) is 11.5. The van der Waals surface area contributed by atoms with E-state index in [2.05, 4.69) is 5.32 Å². The minimum absolute atomic E-state index is 0.0474. The van der Waals surface area contributed by atoms with E-state index in [1.165, 1.54) is 6.07 Å². The van der Waals surface area contributed by atoms with Gasteiger partial charge in [-0.15, -0.1) is 0 Å². The number of rotatable bonds is 5. The van der Waals surface area contributed by atoms with Crippen molar-refractivity contribution in [1.82, 2.24) is 5.32 Å². The number of halogens is 2. The maximum atomic E-state index is 13.0. The zero-order chi connectivity index (χ0) is 15.5. The quantitative estimate of drug-likeness (QED) is 0.878. The van der Waals surface area contributed by atoms with Gasteiger partial charge in [0.25, 0.3) is 0 Å². The highest BCUT2D eigenvalue weighted by Gasteiger charge is 2.42. The van der Waals surface area contributed by atoms with E-state index < -0.39 is 23.0 Å². The summed E-state index contributed by atoms with van der Waals surface area (Å²) in [6, 6.07) is 3.38. The molecule has 0 unspecified atom stereocenters. The number of carboxylic acids is 1. The molecule has 1 aliphatic carbocycles. The van der Waals surface area contributed by atoms with E-state index in [1.807, 2.05) is 0 Å². The fraction of sp³-hybridized carbons (Fsp3) is 0.467. The predicted molar refractivity (Wildman–Crippen MR) is 71.4 cm³/mol. The summed E-state index contributed by atoms with van der Waals surface area (Å²) in [6.07, 6.45) is 2.54. The number of hydrogen-bond acceptors (Lipinski definition) is 2. The first-order chi connectivity index (χ1) is 9.93. The first-order valence-corrected chi connectivity index (χ1v) is 6.87. The van der Waals surface area contributed by atoms with Crippen LogP contribution < -0.4 is 5.32 Å². The summed E-state index contributed by atoms with van der Waals surface area (Å²) in [5.41, 5.74) is -0.545. The van der Waals surface area contributed by atoms with Gasteiger partial charge < -0.3 is 10.4 Å². The molecular formula is C15H17F2NO3. The fourth-order valence-corrected chi connectivity index (χ4v) is 2.74. The predicted octanol–water partition coefficient (Wildman–Crippen LogP) is 2.62. The van der Waals surface area contributed by atoms with Crippen LogP contribution in [0.5, 0.6) is 0 Å². The molecule has 1 amide bonds. The Bertz CT molecular complexity index is 554. The summed E-state index contributed by atoms with van der Waals surface area (Å²) in [5, 5.41) is 11.9. The lowest BCUT2D eigenvalue weighted by Gasteiger charge is -2.22. The lowest BCUT2D eigenvalue weighted by molar-refractivity contribution is -0.151. The first kappa shape index (κ1) is 15.4. The molecule has 0 aromatic heterocycles. The molecule has 1 saturated carbocycles. The van der Waals surface area contributed by atoms with Crippen LogP contribution in [-0.2, 0) is 16.1 Å². The Morgan fingerprint density at radius 1 is 1.19 bits per heavy atom. The Morgan fingerprint density at radius 2 is 1.86 bits per heavy atom. The van der Waals surface area contributed by atoms with Gasteiger partial charge >= 0.3 is 5.97 Å². The number of carboxylic acid groups (broad SMARTS) is 1. The molecule has 114 valence electrons. The van der Waals surface area contributed by atoms with Gasteiger partial charge in [-0.25, -0.2) is 8.78 Å². The molecular weight excluding hydrogens is 280 g/mol. The Morgan fingerprint density at radius 3 is 2.43 bits per heavy atom. The summed E-state index contributed by atoms with van der Waals surface area (Å²) in [4.78, 5) is 23.2. The summed E-state index contributed by atoms with van der Waals surface area (Å²) < 4.78 is 25.8. The lowest BCUT2D eigenvalue weighted by Crippen LogP contribution is -2.35. The highest BCUT2D eigenvalue weighted by atomic mass is 19.2. The van der Waals surface area contributed by atoms with E-state index in [4.69, 9.17) is 0 Å². The molecule has 1 fully saturated rings. The van der Waals surface area contributed by atoms with Gasteiger partial charge in [-0.1, -0.05) is 18.9 Å². The molecule has 0 heterocycles. The van der Waals surface area contributed by atoms with E-state index in [0.717, 1.165) is 25.0 Å². The third-order valence-electron chi connectivity index (χ3n) is 3.99. The second-order valence-electron chi connectivity index (χ2n) is 5.49. The normalized spacial score (nSPS) is 16.7. The second-order valence-corrected chi connectivity index (χ2v) is 5.49. The van der Waals surface area contributed by atoms with Crippen molar-refractivity contribution in [2.75, 3.05) is 0 Å². The standard InChI is InChI=1S/C15H17F2NO3/c16-11-4-3-10(7-12(11)17)9-18-13(19)8-15(14(20)21)5-1-2-6-15/h3-4,7H,1-2,5-6,8-9H2,(H,18,19)(H,20,21). The van der Waals surface area contributed by atoms with Crippen molar-refractivity contribution in [2.45, 2.75) is 38.6 Å². The van der Waals surface area contributed by atoms with Crippen molar-refractivity contribution in [3.05, 3.63) is 35.4 Å². The van der Waals surface area contributed by atoms with Crippen LogP contribution in [0.15, 0.2) is 18.2 Å². The molecule has 0 radical (unpaired) electrons. The Kier molecular flexibility index (Phi) is 4.55. The van der Waals surface area contributed by atoms with E-state index in [9.17, 15) is 23.5 Å². The van der Waals surface area contributed by atoms with Crippen LogP contribution in [0.4, 0.5) is 8.78 Å². The molecule has 0 bridgehead atoms. The maximum Gasteiger partial charge on any atom is 0.310 e. The summed E-state index contributed by atoms with van der Waals surface area (Å²) in [5.74, 6) is -3.24. The SMILES string of the molecule is O=C(CC1(C(=O)O)CCCC1)NCc1ccc(F)c(F)c1. The number of carbonyl (C=O) groups excluding carboxylic acids is 1. The third-order valence-corrected chi connectivity index (χ3v) is 3.99. The van der Waals surface area contributed by atoms with Crippen LogP contribution in [0.1, 0.15) is 37.7 Å². The Hall–Kier alpha value is -1.98. The lowest BCUT2D eigenvalue weighted by atomic mass is 9.82. The van der Waals surface area contributed by atoms with Gasteiger partial charge in [-0.05, 0) is 30.5 Å². The van der Waals surface area contributed by atoms with Gasteiger partial charge in [0.2, 0.25) is 5.91 Å². The Balaban J connectivity index is 1.92. The molecule has 4 nitrogen and oxygen atoms in total. The first-order valence-electron chi connectivity index (χ1n) is 6.87. The minimum atomic E-state index is -0.974. The fourth-order valence-electron chi connectivity index (χ4n) is 2.74. The summed E-state index contributed by atoms with van der Waals surface area (Å²) in [7, 11) is 0. The van der Waals surface area contributed by atoms with E-state index in [0.29, 0.717) is 18.4 Å². The molecule has 2 rings (SSSR count). The number of nitrogens with one attached hydrogen (secondary N) is 1. The molecule has 1 aromatic rings. The van der Waals surface area contributed by atoms with Gasteiger partial charge in [0.1, 0.15) is 0 Å². The molecule has 0 saturated heterocycles. The Labute approximate surface area is 121 Å². The van der Waals surface area contributed by atoms with E-state index in [1.54, 1.807) is 0 Å². The topological polar surface area (TPSA) is 66.4 Å². The zero-order valence-electron chi connectivity index (χ0n) is 11.5. The van der Waals surface area contributed by atoms with Crippen molar-refractivity contribution in [1.29, 1.82) is 0 Å². The monoisotopic (exact) mass is 297 g/mol. The molecule has 0 spiro atoms. The average molecular weight is 297 g/mol. The molecule has 21 heavy (non-hydrogen) atoms. The average Bonchev–Trinajstić information content (AvgIpc) is 2.90. The second kappa shape index (κ2) is 6.20. The summed E-state index contributed by atoms with van der Waals surface area (Å²) in [6.45, 7) is 0.0474. The molecule has 0 atom stereocenters. The number of hydrogen-bond donors (Lipinski definition) is 2. The van der Waals surface area contributed by atoms with Gasteiger partial charge in [-0.2, -0.15) is 0 Å². The van der Waals surface area contributed by atoms with E-state index in [-0.39, 0.29) is 18.9 Å². The third kappa shape index (κ3) is 3.56. The molecule has 6 heteroatoms. The smallest absolute Gasteiger partial charge is 0.310 e. The number of aliphatic carboxylic acids is 1. The molecule has 2 N–H and O–H groups in total. The molecule has 1 aromatic carbocycles. The van der Waals surface area contributed by atoms with Crippen molar-refractivity contribution in [2.24, 2.45) is 5.41 Å².